The average molecular weight is 1140 g/mol. The number of allylic oxidation sites excluding steroid dienone is 8. The summed E-state index contributed by atoms with van der Waals surface area (Å²) in [7, 11) is 0. The summed E-state index contributed by atoms with van der Waals surface area (Å²) in [5, 5.41) is 0. The Balaban J connectivity index is 4.27. The highest BCUT2D eigenvalue weighted by molar-refractivity contribution is 5.71. The number of unbranched alkanes of at least 4 members (excludes halogenated alkanes) is 48. The molecule has 0 fully saturated rings. The molecule has 0 aromatic carbocycles. The largest absolute Gasteiger partial charge is 0.462 e. The van der Waals surface area contributed by atoms with E-state index in [2.05, 4.69) is 69.4 Å². The molecule has 0 bridgehead atoms. The van der Waals surface area contributed by atoms with E-state index in [0.29, 0.717) is 19.3 Å². The lowest BCUT2D eigenvalue weighted by Gasteiger charge is -2.18. The van der Waals surface area contributed by atoms with Gasteiger partial charge in [-0.2, -0.15) is 0 Å². The van der Waals surface area contributed by atoms with E-state index < -0.39 is 6.10 Å². The highest BCUT2D eigenvalue weighted by Crippen LogP contribution is 2.19. The van der Waals surface area contributed by atoms with Crippen molar-refractivity contribution in [2.75, 3.05) is 13.2 Å². The molecule has 0 rings (SSSR count). The van der Waals surface area contributed by atoms with Gasteiger partial charge < -0.3 is 14.2 Å². The summed E-state index contributed by atoms with van der Waals surface area (Å²) < 4.78 is 17.0. The number of esters is 3. The summed E-state index contributed by atoms with van der Waals surface area (Å²) in [4.78, 5) is 38.5. The van der Waals surface area contributed by atoms with Gasteiger partial charge >= 0.3 is 17.9 Å². The maximum Gasteiger partial charge on any atom is 0.306 e. The monoisotopic (exact) mass is 1140 g/mol. The topological polar surface area (TPSA) is 78.9 Å². The lowest BCUT2D eigenvalue weighted by atomic mass is 10.0. The summed E-state index contributed by atoms with van der Waals surface area (Å²) in [5.41, 5.74) is 0. The van der Waals surface area contributed by atoms with Gasteiger partial charge in [0.05, 0.1) is 0 Å². The molecular weight excluding hydrogens is 997 g/mol. The quantitative estimate of drug-likeness (QED) is 0.0261. The zero-order valence-electron chi connectivity index (χ0n) is 54.6. The molecule has 81 heavy (non-hydrogen) atoms. The van der Waals surface area contributed by atoms with E-state index in [1.165, 1.54) is 263 Å². The first-order chi connectivity index (χ1) is 40.0. The molecule has 0 aliphatic heterocycles. The predicted octanol–water partition coefficient (Wildman–Crippen LogP) is 24.9. The van der Waals surface area contributed by atoms with E-state index in [0.717, 1.165) is 89.9 Å². The SMILES string of the molecule is CC/C=C\C/C=C\C/C=C\C/C=C\CCCCCCCCCCC(=O)OC(COC(=O)CCCCCCCCCCCCCCCCCC)COC(=O)CCCCCCCCCCCCCCCCCCCCCCCCCCCC. The van der Waals surface area contributed by atoms with Gasteiger partial charge in [-0.15, -0.1) is 0 Å². The van der Waals surface area contributed by atoms with Crippen LogP contribution in [0, 0.1) is 0 Å². The molecule has 6 heteroatoms. The van der Waals surface area contributed by atoms with E-state index in [1.807, 2.05) is 0 Å². The Hall–Kier alpha value is -2.63. The number of carbonyl (C=O) groups excluding carboxylic acids is 3. The molecular formula is C75H138O6. The summed E-state index contributed by atoms with van der Waals surface area (Å²) >= 11 is 0. The van der Waals surface area contributed by atoms with Crippen LogP contribution in [0.15, 0.2) is 48.6 Å². The minimum absolute atomic E-state index is 0.0708. The average Bonchev–Trinajstić information content (AvgIpc) is 3.47. The van der Waals surface area contributed by atoms with Gasteiger partial charge in [-0.05, 0) is 57.8 Å². The lowest BCUT2D eigenvalue weighted by Crippen LogP contribution is -2.30. The minimum Gasteiger partial charge on any atom is -0.462 e. The van der Waals surface area contributed by atoms with Gasteiger partial charge in [0.25, 0.3) is 0 Å². The van der Waals surface area contributed by atoms with Crippen molar-refractivity contribution in [3.8, 4) is 0 Å². The van der Waals surface area contributed by atoms with Gasteiger partial charge in [-0.3, -0.25) is 14.4 Å². The molecule has 474 valence electrons. The van der Waals surface area contributed by atoms with Crippen LogP contribution in [0.3, 0.4) is 0 Å². The third-order valence-electron chi connectivity index (χ3n) is 16.3. The molecule has 0 amide bonds. The van der Waals surface area contributed by atoms with Crippen LogP contribution in [0.25, 0.3) is 0 Å². The van der Waals surface area contributed by atoms with Crippen LogP contribution in [0.1, 0.15) is 393 Å². The zero-order valence-corrected chi connectivity index (χ0v) is 54.6. The van der Waals surface area contributed by atoms with Crippen LogP contribution in [0.4, 0.5) is 0 Å². The van der Waals surface area contributed by atoms with E-state index in [9.17, 15) is 14.4 Å². The Labute approximate surface area is 505 Å². The fraction of sp³-hybridized carbons (Fsp3) is 0.853. The van der Waals surface area contributed by atoms with Crippen molar-refractivity contribution in [2.24, 2.45) is 0 Å². The third-order valence-corrected chi connectivity index (χ3v) is 16.3. The van der Waals surface area contributed by atoms with Crippen molar-refractivity contribution in [3.63, 3.8) is 0 Å². The van der Waals surface area contributed by atoms with Crippen LogP contribution in [-0.4, -0.2) is 37.2 Å². The molecule has 0 N–H and O–H groups in total. The van der Waals surface area contributed by atoms with E-state index in [4.69, 9.17) is 14.2 Å². The number of hydrogen-bond donors (Lipinski definition) is 0. The predicted molar refractivity (Wildman–Crippen MR) is 353 cm³/mol. The van der Waals surface area contributed by atoms with Crippen molar-refractivity contribution in [3.05, 3.63) is 48.6 Å². The Bertz CT molecular complexity index is 1400. The van der Waals surface area contributed by atoms with E-state index >= 15 is 0 Å². The molecule has 1 unspecified atom stereocenters. The van der Waals surface area contributed by atoms with Gasteiger partial charge in [0.15, 0.2) is 6.10 Å². The molecule has 0 aliphatic carbocycles. The summed E-state index contributed by atoms with van der Waals surface area (Å²) in [5.74, 6) is -0.848. The number of rotatable bonds is 67. The molecule has 0 heterocycles. The highest BCUT2D eigenvalue weighted by atomic mass is 16.6. The fourth-order valence-corrected chi connectivity index (χ4v) is 11.0. The molecule has 0 aliphatic rings. The second-order valence-electron chi connectivity index (χ2n) is 24.5. The molecule has 0 spiro atoms. The van der Waals surface area contributed by atoms with Gasteiger partial charge in [0.2, 0.25) is 0 Å². The third kappa shape index (κ3) is 68.0. The first-order valence-electron chi connectivity index (χ1n) is 36.1. The fourth-order valence-electron chi connectivity index (χ4n) is 11.0. The zero-order chi connectivity index (χ0) is 58.5. The van der Waals surface area contributed by atoms with E-state index in [1.54, 1.807) is 0 Å². The standard InChI is InChI=1S/C75H138O6/c1-4-7-10-13-16-19-22-25-28-31-33-35-36-37-38-39-41-42-44-47-50-53-56-59-62-65-68-74(77)80-71-72(70-79-73(76)67-64-61-58-55-52-49-46-30-27-24-21-18-15-12-9-6-3)81-75(78)69-66-63-60-57-54-51-48-45-43-40-34-32-29-26-23-20-17-14-11-8-5-2/h8,11,17,20,26,29,34,40,72H,4-7,9-10,12-16,18-19,21-25,27-28,30-33,35-39,41-71H2,1-3H3/b11-8-,20-17-,29-26-,40-34-. The second kappa shape index (κ2) is 69.9. The minimum atomic E-state index is -0.776. The first kappa shape index (κ1) is 78.4. The Kier molecular flexibility index (Phi) is 67.6. The first-order valence-corrected chi connectivity index (χ1v) is 36.1. The maximum atomic E-state index is 13.0. The number of ether oxygens (including phenoxy) is 3. The van der Waals surface area contributed by atoms with Gasteiger partial charge in [-0.25, -0.2) is 0 Å². The Morgan fingerprint density at radius 1 is 0.259 bits per heavy atom. The van der Waals surface area contributed by atoms with Crippen molar-refractivity contribution in [2.45, 2.75) is 399 Å². The lowest BCUT2D eigenvalue weighted by molar-refractivity contribution is -0.167. The number of carbonyl (C=O) groups is 3. The van der Waals surface area contributed by atoms with Crippen LogP contribution < -0.4 is 0 Å². The van der Waals surface area contributed by atoms with Gasteiger partial charge in [0.1, 0.15) is 13.2 Å². The summed E-state index contributed by atoms with van der Waals surface area (Å²) in [6, 6.07) is 0. The van der Waals surface area contributed by atoms with E-state index in [-0.39, 0.29) is 31.1 Å². The van der Waals surface area contributed by atoms with Crippen LogP contribution in [0.5, 0.6) is 0 Å². The smallest absolute Gasteiger partial charge is 0.306 e. The second-order valence-corrected chi connectivity index (χ2v) is 24.5. The van der Waals surface area contributed by atoms with Crippen molar-refractivity contribution in [1.82, 2.24) is 0 Å². The van der Waals surface area contributed by atoms with Crippen molar-refractivity contribution >= 4 is 17.9 Å². The summed E-state index contributed by atoms with van der Waals surface area (Å²) in [6.45, 7) is 6.60. The maximum absolute atomic E-state index is 13.0. The van der Waals surface area contributed by atoms with Crippen molar-refractivity contribution in [1.29, 1.82) is 0 Å². The Morgan fingerprint density at radius 2 is 0.481 bits per heavy atom. The summed E-state index contributed by atoms with van der Waals surface area (Å²) in [6.07, 6.45) is 88.6. The van der Waals surface area contributed by atoms with Crippen LogP contribution in [0.2, 0.25) is 0 Å². The molecule has 0 aromatic heterocycles. The van der Waals surface area contributed by atoms with Gasteiger partial charge in [-0.1, -0.05) is 365 Å². The normalized spacial score (nSPS) is 12.3. The number of hydrogen-bond acceptors (Lipinski definition) is 6. The molecule has 0 radical (unpaired) electrons. The highest BCUT2D eigenvalue weighted by Gasteiger charge is 2.19. The molecule has 0 saturated heterocycles. The molecule has 1 atom stereocenters. The molecule has 0 aromatic rings. The van der Waals surface area contributed by atoms with Crippen LogP contribution >= 0.6 is 0 Å². The van der Waals surface area contributed by atoms with Crippen molar-refractivity contribution < 1.29 is 28.6 Å². The Morgan fingerprint density at radius 3 is 0.753 bits per heavy atom. The van der Waals surface area contributed by atoms with Crippen LogP contribution in [-0.2, 0) is 28.6 Å². The molecule has 6 nitrogen and oxygen atoms in total. The van der Waals surface area contributed by atoms with Gasteiger partial charge in [0, 0.05) is 19.3 Å². The molecule has 0 saturated carbocycles.